The van der Waals surface area contributed by atoms with Gasteiger partial charge in [0, 0.05) is 0 Å². The Hall–Kier alpha value is -1.86. The molecule has 5 nitrogen and oxygen atoms in total. The standard InChI is InChI=1S/C11H8N4OS2/c1-6-13-14-11(17-6)9(15-16)10-12-7-4-2-3-5-8(7)18-10/h2-5,16H,1H3/b15-9-. The molecule has 18 heavy (non-hydrogen) atoms. The maximum absolute atomic E-state index is 9.16. The van der Waals surface area contributed by atoms with Gasteiger partial charge in [-0.3, -0.25) is 0 Å². The van der Waals surface area contributed by atoms with Crippen LogP contribution in [-0.2, 0) is 0 Å². The molecule has 0 bridgehead atoms. The monoisotopic (exact) mass is 276 g/mol. The fourth-order valence-electron chi connectivity index (χ4n) is 1.54. The Balaban J connectivity index is 2.12. The van der Waals surface area contributed by atoms with Gasteiger partial charge in [-0.15, -0.1) is 21.5 Å². The number of rotatable bonds is 2. The maximum Gasteiger partial charge on any atom is 0.176 e. The van der Waals surface area contributed by atoms with Crippen molar-refractivity contribution in [1.82, 2.24) is 15.2 Å². The van der Waals surface area contributed by atoms with Crippen molar-refractivity contribution in [3.05, 3.63) is 39.3 Å². The average molecular weight is 276 g/mol. The molecule has 0 saturated heterocycles. The molecule has 0 aliphatic carbocycles. The summed E-state index contributed by atoms with van der Waals surface area (Å²) in [6.45, 7) is 1.86. The van der Waals surface area contributed by atoms with Crippen molar-refractivity contribution in [3.8, 4) is 0 Å². The first-order valence-electron chi connectivity index (χ1n) is 5.16. The zero-order chi connectivity index (χ0) is 12.5. The van der Waals surface area contributed by atoms with Gasteiger partial charge in [0.05, 0.1) is 10.2 Å². The highest BCUT2D eigenvalue weighted by atomic mass is 32.1. The van der Waals surface area contributed by atoms with Crippen molar-refractivity contribution < 1.29 is 5.21 Å². The molecular weight excluding hydrogens is 268 g/mol. The van der Waals surface area contributed by atoms with Crippen molar-refractivity contribution in [2.45, 2.75) is 6.92 Å². The first-order chi connectivity index (χ1) is 8.78. The lowest BCUT2D eigenvalue weighted by Gasteiger charge is -1.92. The molecule has 0 unspecified atom stereocenters. The highest BCUT2D eigenvalue weighted by molar-refractivity contribution is 7.21. The molecule has 2 heterocycles. The second-order valence-corrected chi connectivity index (χ2v) is 5.77. The van der Waals surface area contributed by atoms with Crippen LogP contribution in [0.5, 0.6) is 0 Å². The van der Waals surface area contributed by atoms with E-state index in [0.29, 0.717) is 15.7 Å². The van der Waals surface area contributed by atoms with Gasteiger partial charge in [-0.05, 0) is 19.1 Å². The minimum Gasteiger partial charge on any atom is -0.410 e. The van der Waals surface area contributed by atoms with Crippen LogP contribution in [0.25, 0.3) is 10.2 Å². The number of para-hydroxylation sites is 1. The lowest BCUT2D eigenvalue weighted by atomic mass is 10.3. The highest BCUT2D eigenvalue weighted by Gasteiger charge is 2.17. The summed E-state index contributed by atoms with van der Waals surface area (Å²) in [6.07, 6.45) is 0. The third-order valence-corrected chi connectivity index (χ3v) is 4.21. The number of aryl methyl sites for hydroxylation is 1. The second kappa shape index (κ2) is 4.43. The number of fused-ring (bicyclic) bond motifs is 1. The summed E-state index contributed by atoms with van der Waals surface area (Å²) < 4.78 is 1.05. The molecule has 0 spiro atoms. The van der Waals surface area contributed by atoms with Gasteiger partial charge in [0.15, 0.2) is 10.7 Å². The smallest absolute Gasteiger partial charge is 0.176 e. The molecule has 7 heteroatoms. The molecular formula is C11H8N4OS2. The Morgan fingerprint density at radius 3 is 2.67 bits per heavy atom. The fraction of sp³-hybridized carbons (Fsp3) is 0.0909. The minimum absolute atomic E-state index is 0.377. The zero-order valence-corrected chi connectivity index (χ0v) is 11.0. The lowest BCUT2D eigenvalue weighted by Crippen LogP contribution is -2.02. The molecule has 0 saturated carbocycles. The Bertz CT molecular complexity index is 698. The van der Waals surface area contributed by atoms with E-state index in [1.165, 1.54) is 22.7 Å². The molecule has 0 atom stereocenters. The molecule has 1 N–H and O–H groups in total. The molecule has 0 aliphatic rings. The molecule has 2 aromatic heterocycles. The van der Waals surface area contributed by atoms with E-state index >= 15 is 0 Å². The van der Waals surface area contributed by atoms with Crippen molar-refractivity contribution in [1.29, 1.82) is 0 Å². The van der Waals surface area contributed by atoms with Gasteiger partial charge in [-0.2, -0.15) is 0 Å². The van der Waals surface area contributed by atoms with Crippen molar-refractivity contribution in [3.63, 3.8) is 0 Å². The average Bonchev–Trinajstić information content (AvgIpc) is 2.96. The normalized spacial score (nSPS) is 12.2. The van der Waals surface area contributed by atoms with Crippen LogP contribution < -0.4 is 0 Å². The van der Waals surface area contributed by atoms with Gasteiger partial charge < -0.3 is 5.21 Å². The fourth-order valence-corrected chi connectivity index (χ4v) is 3.24. The summed E-state index contributed by atoms with van der Waals surface area (Å²) in [6, 6.07) is 7.79. The van der Waals surface area contributed by atoms with Gasteiger partial charge in [0.1, 0.15) is 10.0 Å². The number of oxime groups is 1. The molecule has 0 radical (unpaired) electrons. The number of aromatic nitrogens is 3. The van der Waals surface area contributed by atoms with Gasteiger partial charge in [0.2, 0.25) is 0 Å². The molecule has 0 amide bonds. The van der Waals surface area contributed by atoms with Crippen LogP contribution >= 0.6 is 22.7 Å². The van der Waals surface area contributed by atoms with Crippen molar-refractivity contribution >= 4 is 38.6 Å². The summed E-state index contributed by atoms with van der Waals surface area (Å²) in [5.41, 5.74) is 1.27. The molecule has 90 valence electrons. The maximum atomic E-state index is 9.16. The van der Waals surface area contributed by atoms with Gasteiger partial charge >= 0.3 is 0 Å². The number of thiazole rings is 1. The van der Waals surface area contributed by atoms with Gasteiger partial charge in [0.25, 0.3) is 0 Å². The summed E-state index contributed by atoms with van der Waals surface area (Å²) in [5, 5.41) is 22.4. The highest BCUT2D eigenvalue weighted by Crippen LogP contribution is 2.24. The molecule has 3 aromatic rings. The van der Waals surface area contributed by atoms with Crippen LogP contribution in [0, 0.1) is 6.92 Å². The van der Waals surface area contributed by atoms with E-state index in [-0.39, 0.29) is 0 Å². The number of benzene rings is 1. The van der Waals surface area contributed by atoms with Crippen molar-refractivity contribution in [2.24, 2.45) is 5.16 Å². The predicted molar refractivity (Wildman–Crippen MR) is 71.7 cm³/mol. The molecule has 0 aliphatic heterocycles. The molecule has 3 rings (SSSR count). The Labute approximate surface area is 110 Å². The molecule has 0 fully saturated rings. The van der Waals surface area contributed by atoms with Crippen LogP contribution in [0.1, 0.15) is 15.0 Å². The summed E-state index contributed by atoms with van der Waals surface area (Å²) in [5.74, 6) is 0. The third-order valence-electron chi connectivity index (χ3n) is 2.33. The number of hydrogen-bond donors (Lipinski definition) is 1. The van der Waals surface area contributed by atoms with Crippen LogP contribution in [-0.4, -0.2) is 26.1 Å². The Morgan fingerprint density at radius 1 is 1.17 bits per heavy atom. The summed E-state index contributed by atoms with van der Waals surface area (Å²) in [4.78, 5) is 4.44. The van der Waals surface area contributed by atoms with Crippen LogP contribution in [0.15, 0.2) is 29.4 Å². The summed E-state index contributed by atoms with van der Waals surface area (Å²) >= 11 is 2.85. The van der Waals surface area contributed by atoms with E-state index in [1.54, 1.807) is 0 Å². The van der Waals surface area contributed by atoms with Crippen molar-refractivity contribution in [2.75, 3.05) is 0 Å². The Kier molecular flexibility index (Phi) is 2.77. The first kappa shape index (κ1) is 11.2. The van der Waals surface area contributed by atoms with Crippen LogP contribution in [0.3, 0.4) is 0 Å². The zero-order valence-electron chi connectivity index (χ0n) is 9.36. The topological polar surface area (TPSA) is 71.3 Å². The van der Waals surface area contributed by atoms with Crippen LogP contribution in [0.4, 0.5) is 0 Å². The van der Waals surface area contributed by atoms with Crippen LogP contribution in [0.2, 0.25) is 0 Å². The number of nitrogens with zero attached hydrogens (tertiary/aromatic N) is 4. The van der Waals surface area contributed by atoms with E-state index in [0.717, 1.165) is 15.2 Å². The largest absolute Gasteiger partial charge is 0.410 e. The van der Waals surface area contributed by atoms with E-state index in [1.807, 2.05) is 31.2 Å². The van der Waals surface area contributed by atoms with Gasteiger partial charge in [-0.25, -0.2) is 4.98 Å². The summed E-state index contributed by atoms with van der Waals surface area (Å²) in [7, 11) is 0. The van der Waals surface area contributed by atoms with E-state index < -0.39 is 0 Å². The van der Waals surface area contributed by atoms with E-state index in [2.05, 4.69) is 20.3 Å². The molecule has 1 aromatic carbocycles. The van der Waals surface area contributed by atoms with E-state index in [9.17, 15) is 0 Å². The predicted octanol–water partition coefficient (Wildman–Crippen LogP) is 2.68. The second-order valence-electron chi connectivity index (χ2n) is 3.56. The minimum atomic E-state index is 0.377. The number of hydrogen-bond acceptors (Lipinski definition) is 7. The lowest BCUT2D eigenvalue weighted by molar-refractivity contribution is 0.319. The quantitative estimate of drug-likeness (QED) is 0.444. The third kappa shape index (κ3) is 1.87. The first-order valence-corrected chi connectivity index (χ1v) is 6.79. The van der Waals surface area contributed by atoms with E-state index in [4.69, 9.17) is 5.21 Å². The SMILES string of the molecule is Cc1nnc(/C(=N\O)c2nc3ccccc3s2)s1. The van der Waals surface area contributed by atoms with Gasteiger partial charge in [-0.1, -0.05) is 28.6 Å². The Morgan fingerprint density at radius 2 is 2.00 bits per heavy atom.